The first-order valence-corrected chi connectivity index (χ1v) is 8.30. The highest BCUT2D eigenvalue weighted by molar-refractivity contribution is 5.21. The fourth-order valence-electron chi connectivity index (χ4n) is 2.54. The molecule has 0 amide bonds. The average Bonchev–Trinajstić information content (AvgIpc) is 2.72. The van der Waals surface area contributed by atoms with Crippen molar-refractivity contribution in [2.75, 3.05) is 0 Å². The highest BCUT2D eigenvalue weighted by Gasteiger charge is 2.34. The van der Waals surface area contributed by atoms with Gasteiger partial charge in [-0.25, -0.2) is 0 Å². The van der Waals surface area contributed by atoms with Crippen LogP contribution in [0.4, 0.5) is 0 Å². The molecule has 0 saturated carbocycles. The van der Waals surface area contributed by atoms with Crippen molar-refractivity contribution in [2.45, 2.75) is 19.1 Å². The first-order chi connectivity index (χ1) is 12.8. The minimum Gasteiger partial charge on any atom is -0.337 e. The number of nitrogens with zero attached hydrogens (tertiary/aromatic N) is 3. The molecule has 3 aromatic rings. The molecule has 0 fully saturated rings. The van der Waals surface area contributed by atoms with Gasteiger partial charge in [-0.05, 0) is 21.8 Å². The highest BCUT2D eigenvalue weighted by atomic mass is 16.7. The van der Waals surface area contributed by atoms with Gasteiger partial charge >= 0.3 is 0 Å². The van der Waals surface area contributed by atoms with Crippen LogP contribution in [0.2, 0.25) is 0 Å². The van der Waals surface area contributed by atoms with E-state index in [1.807, 2.05) is 91.0 Å². The van der Waals surface area contributed by atoms with Crippen LogP contribution >= 0.6 is 0 Å². The SMILES string of the molecule is [N-]=[N+]=NC(OCc1ccccc1)(OCc1ccccc1)c1ccccc1. The number of rotatable bonds is 8. The molecule has 3 rings (SSSR count). The van der Waals surface area contributed by atoms with Gasteiger partial charge in [0.2, 0.25) is 0 Å². The van der Waals surface area contributed by atoms with Gasteiger partial charge in [0.05, 0.1) is 13.2 Å². The minimum atomic E-state index is -1.54. The van der Waals surface area contributed by atoms with Crippen LogP contribution in [0, 0.1) is 0 Å². The quantitative estimate of drug-likeness (QED) is 0.233. The van der Waals surface area contributed by atoms with Crippen molar-refractivity contribution >= 4 is 0 Å². The van der Waals surface area contributed by atoms with Gasteiger partial charge < -0.3 is 9.47 Å². The molecule has 0 atom stereocenters. The van der Waals surface area contributed by atoms with E-state index in [0.717, 1.165) is 11.1 Å². The van der Waals surface area contributed by atoms with Gasteiger partial charge in [-0.1, -0.05) is 91.0 Å². The largest absolute Gasteiger partial charge is 0.337 e. The number of hydrogen-bond acceptors (Lipinski definition) is 3. The third kappa shape index (κ3) is 4.49. The van der Waals surface area contributed by atoms with E-state index in [-0.39, 0.29) is 13.2 Å². The van der Waals surface area contributed by atoms with E-state index in [9.17, 15) is 0 Å². The molecule has 0 bridgehead atoms. The van der Waals surface area contributed by atoms with Gasteiger partial charge in [-0.2, -0.15) is 0 Å². The maximum Gasteiger partial charge on any atom is 0.277 e. The predicted molar refractivity (Wildman–Crippen MR) is 99.7 cm³/mol. The lowest BCUT2D eigenvalue weighted by molar-refractivity contribution is -0.256. The summed E-state index contributed by atoms with van der Waals surface area (Å²) in [5, 5.41) is 3.89. The predicted octanol–water partition coefficient (Wildman–Crippen LogP) is 5.54. The van der Waals surface area contributed by atoms with Crippen molar-refractivity contribution in [1.82, 2.24) is 0 Å². The van der Waals surface area contributed by atoms with Gasteiger partial charge in [0.25, 0.3) is 5.91 Å². The van der Waals surface area contributed by atoms with Gasteiger partial charge in [0.15, 0.2) is 0 Å². The molecule has 0 saturated heterocycles. The van der Waals surface area contributed by atoms with Crippen LogP contribution in [0.1, 0.15) is 16.7 Å². The molecule has 130 valence electrons. The lowest BCUT2D eigenvalue weighted by Gasteiger charge is -2.29. The van der Waals surface area contributed by atoms with E-state index in [1.54, 1.807) is 0 Å². The molecule has 0 aromatic heterocycles. The van der Waals surface area contributed by atoms with E-state index in [1.165, 1.54) is 0 Å². The third-order valence-electron chi connectivity index (χ3n) is 3.87. The van der Waals surface area contributed by atoms with Crippen molar-refractivity contribution in [1.29, 1.82) is 0 Å². The molecule has 5 heteroatoms. The van der Waals surface area contributed by atoms with Crippen molar-refractivity contribution in [3.8, 4) is 0 Å². The van der Waals surface area contributed by atoms with Crippen molar-refractivity contribution in [2.24, 2.45) is 5.11 Å². The standard InChI is InChI=1S/C21H19N3O2/c22-24-23-21(20-14-8-3-9-15-20,25-16-18-10-4-1-5-11-18)26-17-19-12-6-2-7-13-19/h1-15H,16-17H2. The monoisotopic (exact) mass is 345 g/mol. The topological polar surface area (TPSA) is 67.2 Å². The summed E-state index contributed by atoms with van der Waals surface area (Å²) in [5.41, 5.74) is 11.7. The van der Waals surface area contributed by atoms with E-state index in [4.69, 9.17) is 15.0 Å². The fourth-order valence-corrected chi connectivity index (χ4v) is 2.54. The molecule has 0 aliphatic carbocycles. The number of hydrogen-bond donors (Lipinski definition) is 0. The van der Waals surface area contributed by atoms with E-state index < -0.39 is 5.91 Å². The first-order valence-electron chi connectivity index (χ1n) is 8.30. The summed E-state index contributed by atoms with van der Waals surface area (Å²) in [4.78, 5) is 2.98. The summed E-state index contributed by atoms with van der Waals surface area (Å²) < 4.78 is 12.0. The molecule has 0 N–H and O–H groups in total. The Morgan fingerprint density at radius 1 is 0.692 bits per heavy atom. The van der Waals surface area contributed by atoms with E-state index >= 15 is 0 Å². The Hall–Kier alpha value is -3.11. The van der Waals surface area contributed by atoms with Gasteiger partial charge in [-0.15, -0.1) is 0 Å². The zero-order valence-corrected chi connectivity index (χ0v) is 14.2. The smallest absolute Gasteiger partial charge is 0.277 e. The second-order valence-electron chi connectivity index (χ2n) is 5.69. The normalized spacial score (nSPS) is 10.9. The Kier molecular flexibility index (Phi) is 6.01. The molecule has 0 spiro atoms. The van der Waals surface area contributed by atoms with Gasteiger partial charge in [0, 0.05) is 10.5 Å². The molecular formula is C21H19N3O2. The Morgan fingerprint density at radius 2 is 1.12 bits per heavy atom. The van der Waals surface area contributed by atoms with Crippen LogP contribution in [0.3, 0.4) is 0 Å². The highest BCUT2D eigenvalue weighted by Crippen LogP contribution is 2.32. The van der Waals surface area contributed by atoms with Crippen molar-refractivity contribution < 1.29 is 9.47 Å². The molecule has 0 heterocycles. The summed E-state index contributed by atoms with van der Waals surface area (Å²) in [6.07, 6.45) is 0. The molecule has 0 unspecified atom stereocenters. The molecule has 0 aliphatic heterocycles. The van der Waals surface area contributed by atoms with E-state index in [0.29, 0.717) is 5.56 Å². The minimum absolute atomic E-state index is 0.254. The summed E-state index contributed by atoms with van der Waals surface area (Å²) in [5.74, 6) is -1.54. The molecular weight excluding hydrogens is 326 g/mol. The van der Waals surface area contributed by atoms with Gasteiger partial charge in [-0.3, -0.25) is 0 Å². The average molecular weight is 345 g/mol. The summed E-state index contributed by atoms with van der Waals surface area (Å²) in [6.45, 7) is 0.507. The van der Waals surface area contributed by atoms with Crippen molar-refractivity contribution in [3.63, 3.8) is 0 Å². The van der Waals surface area contributed by atoms with Crippen LogP contribution in [0.25, 0.3) is 10.4 Å². The number of benzene rings is 3. The zero-order valence-electron chi connectivity index (χ0n) is 14.2. The molecule has 3 aromatic carbocycles. The molecule has 0 radical (unpaired) electrons. The third-order valence-corrected chi connectivity index (χ3v) is 3.87. The Morgan fingerprint density at radius 3 is 1.54 bits per heavy atom. The summed E-state index contributed by atoms with van der Waals surface area (Å²) >= 11 is 0. The maximum atomic E-state index is 9.16. The summed E-state index contributed by atoms with van der Waals surface area (Å²) in [6, 6.07) is 28.6. The number of ether oxygens (including phenoxy) is 2. The van der Waals surface area contributed by atoms with Crippen LogP contribution in [-0.4, -0.2) is 0 Å². The number of azide groups is 1. The molecule has 5 nitrogen and oxygen atoms in total. The van der Waals surface area contributed by atoms with Crippen LogP contribution in [0.15, 0.2) is 96.1 Å². The molecule has 26 heavy (non-hydrogen) atoms. The zero-order chi connectivity index (χ0) is 18.1. The Bertz CT molecular complexity index is 805. The maximum absolute atomic E-state index is 9.16. The van der Waals surface area contributed by atoms with Crippen LogP contribution in [0.5, 0.6) is 0 Å². The molecule has 0 aliphatic rings. The second kappa shape index (κ2) is 8.83. The lowest BCUT2D eigenvalue weighted by atomic mass is 10.1. The van der Waals surface area contributed by atoms with Crippen LogP contribution < -0.4 is 0 Å². The fraction of sp³-hybridized carbons (Fsp3) is 0.143. The van der Waals surface area contributed by atoms with Gasteiger partial charge in [0.1, 0.15) is 0 Å². The summed E-state index contributed by atoms with van der Waals surface area (Å²) in [7, 11) is 0. The van der Waals surface area contributed by atoms with E-state index in [2.05, 4.69) is 10.0 Å². The second-order valence-corrected chi connectivity index (χ2v) is 5.69. The van der Waals surface area contributed by atoms with Crippen molar-refractivity contribution in [3.05, 3.63) is 118 Å². The Balaban J connectivity index is 1.88. The van der Waals surface area contributed by atoms with Crippen LogP contribution in [-0.2, 0) is 28.6 Å². The first kappa shape index (κ1) is 17.7. The lowest BCUT2D eigenvalue weighted by Crippen LogP contribution is -2.30. The Labute approximate surface area is 152 Å².